The number of nitrogens with zero attached hydrogens (tertiary/aromatic N) is 3. The highest BCUT2D eigenvalue weighted by molar-refractivity contribution is 7.91. The van der Waals surface area contributed by atoms with Gasteiger partial charge in [0.1, 0.15) is 0 Å². The molecule has 1 saturated heterocycles. The molecule has 1 aromatic carbocycles. The molecular weight excluding hydrogens is 390 g/mol. The van der Waals surface area contributed by atoms with Crippen LogP contribution in [0.3, 0.4) is 0 Å². The molecule has 0 N–H and O–H groups in total. The Kier molecular flexibility index (Phi) is 4.86. The Hall–Kier alpha value is -2.06. The summed E-state index contributed by atoms with van der Waals surface area (Å²) >= 11 is 6.22. The fourth-order valence-corrected chi connectivity index (χ4v) is 5.71. The third-order valence-electron chi connectivity index (χ3n) is 5.01. The number of carbonyl (C=O) groups is 1. The molecule has 1 amide bonds. The average Bonchev–Trinajstić information content (AvgIpc) is 3.02. The van der Waals surface area contributed by atoms with Gasteiger partial charge >= 0.3 is 0 Å². The van der Waals surface area contributed by atoms with E-state index in [0.29, 0.717) is 48.3 Å². The number of aromatic nitrogens is 2. The number of carbonyl (C=O) groups excluding carboxylic acids is 1. The van der Waals surface area contributed by atoms with Crippen LogP contribution in [0.2, 0.25) is 5.02 Å². The zero-order valence-corrected chi connectivity index (χ0v) is 16.2. The summed E-state index contributed by atoms with van der Waals surface area (Å²) in [4.78, 5) is 14.4. The monoisotopic (exact) mass is 409 g/mol. The van der Waals surface area contributed by atoms with Crippen molar-refractivity contribution in [3.63, 3.8) is 0 Å². The Bertz CT molecular complexity index is 949. The number of halogens is 1. The van der Waals surface area contributed by atoms with Crippen molar-refractivity contribution in [3.05, 3.63) is 46.6 Å². The van der Waals surface area contributed by atoms with Crippen LogP contribution in [0.1, 0.15) is 34.1 Å². The molecule has 0 bridgehead atoms. The topological polar surface area (TPSA) is 81.5 Å². The number of hydrogen-bond donors (Lipinski definition) is 0. The fraction of sp³-hybridized carbons (Fsp3) is 0.444. The van der Waals surface area contributed by atoms with Crippen molar-refractivity contribution in [2.45, 2.75) is 24.6 Å². The first-order chi connectivity index (χ1) is 13.0. The Morgan fingerprint density at radius 2 is 2.04 bits per heavy atom. The van der Waals surface area contributed by atoms with Gasteiger partial charge in [-0.25, -0.2) is 13.1 Å². The summed E-state index contributed by atoms with van der Waals surface area (Å²) in [5.41, 5.74) is 0.889. The van der Waals surface area contributed by atoms with Gasteiger partial charge in [0.25, 0.3) is 5.91 Å². The van der Waals surface area contributed by atoms with Crippen molar-refractivity contribution in [3.8, 4) is 5.88 Å². The van der Waals surface area contributed by atoms with Gasteiger partial charge in [-0.3, -0.25) is 4.79 Å². The summed E-state index contributed by atoms with van der Waals surface area (Å²) in [6, 6.07) is 8.61. The van der Waals surface area contributed by atoms with E-state index in [1.165, 1.54) is 0 Å². The van der Waals surface area contributed by atoms with E-state index in [0.717, 1.165) is 6.42 Å². The number of aryl methyl sites for hydroxylation is 1. The molecule has 1 atom stereocenters. The second-order valence-electron chi connectivity index (χ2n) is 6.75. The van der Waals surface area contributed by atoms with Crippen LogP contribution < -0.4 is 4.74 Å². The summed E-state index contributed by atoms with van der Waals surface area (Å²) in [7, 11) is -3.42. The summed E-state index contributed by atoms with van der Waals surface area (Å²) in [6.07, 6.45) is 1.16. The molecule has 2 aliphatic rings. The number of rotatable bonds is 2. The van der Waals surface area contributed by atoms with Crippen molar-refractivity contribution in [2.24, 2.45) is 0 Å². The molecule has 0 aliphatic carbocycles. The second-order valence-corrected chi connectivity index (χ2v) is 9.46. The summed E-state index contributed by atoms with van der Waals surface area (Å²) < 4.78 is 32.7. The van der Waals surface area contributed by atoms with Gasteiger partial charge in [0, 0.05) is 37.1 Å². The van der Waals surface area contributed by atoms with Crippen LogP contribution in [-0.2, 0) is 16.4 Å². The van der Waals surface area contributed by atoms with Crippen molar-refractivity contribution in [2.75, 3.05) is 25.4 Å². The molecule has 0 spiro atoms. The van der Waals surface area contributed by atoms with Crippen molar-refractivity contribution < 1.29 is 17.9 Å². The predicted octanol–water partition coefficient (Wildman–Crippen LogP) is 2.32. The van der Waals surface area contributed by atoms with Crippen LogP contribution in [0.4, 0.5) is 0 Å². The quantitative estimate of drug-likeness (QED) is 0.760. The first kappa shape index (κ1) is 18.3. The lowest BCUT2D eigenvalue weighted by atomic mass is 10.1. The minimum absolute atomic E-state index is 0.0985. The minimum atomic E-state index is -3.42. The number of amides is 1. The maximum absolute atomic E-state index is 12.9. The van der Waals surface area contributed by atoms with E-state index in [4.69, 9.17) is 16.3 Å². The SMILES string of the molecule is O=C(c1cc2n(n1)CCCO2)N1CC[C@H](c2ccccc2Cl)S(=O)(=O)CC1. The molecule has 1 fully saturated rings. The Labute approximate surface area is 162 Å². The van der Waals surface area contributed by atoms with Gasteiger partial charge in [0.05, 0.1) is 17.6 Å². The lowest BCUT2D eigenvalue weighted by molar-refractivity contribution is 0.0759. The van der Waals surface area contributed by atoms with E-state index < -0.39 is 15.1 Å². The third-order valence-corrected chi connectivity index (χ3v) is 7.46. The number of ether oxygens (including phenoxy) is 1. The highest BCUT2D eigenvalue weighted by Gasteiger charge is 2.34. The van der Waals surface area contributed by atoms with Crippen LogP contribution in [0.5, 0.6) is 5.88 Å². The molecule has 144 valence electrons. The second kappa shape index (κ2) is 7.16. The number of benzene rings is 1. The normalized spacial score (nSPS) is 21.8. The van der Waals surface area contributed by atoms with Gasteiger partial charge in [0.15, 0.2) is 15.5 Å². The zero-order chi connectivity index (χ0) is 19.0. The third kappa shape index (κ3) is 3.55. The smallest absolute Gasteiger partial charge is 0.274 e. The van der Waals surface area contributed by atoms with Gasteiger partial charge in [-0.1, -0.05) is 29.8 Å². The van der Waals surface area contributed by atoms with Crippen LogP contribution >= 0.6 is 11.6 Å². The molecular formula is C18H20ClN3O4S. The standard InChI is InChI=1S/C18H20ClN3O4S/c19-14-5-2-1-4-13(14)16-6-8-21(9-11-27(16,24)25)18(23)15-12-17-22(20-15)7-3-10-26-17/h1-2,4-5,12,16H,3,6-11H2/t16-/m1/s1. The zero-order valence-electron chi connectivity index (χ0n) is 14.7. The lowest BCUT2D eigenvalue weighted by Crippen LogP contribution is -2.34. The van der Waals surface area contributed by atoms with Crippen LogP contribution in [0.25, 0.3) is 0 Å². The van der Waals surface area contributed by atoms with Crippen LogP contribution in [0, 0.1) is 0 Å². The van der Waals surface area contributed by atoms with E-state index >= 15 is 0 Å². The molecule has 2 aromatic rings. The highest BCUT2D eigenvalue weighted by atomic mass is 35.5. The molecule has 7 nitrogen and oxygen atoms in total. The van der Waals surface area contributed by atoms with Gasteiger partial charge < -0.3 is 9.64 Å². The van der Waals surface area contributed by atoms with E-state index in [2.05, 4.69) is 5.10 Å². The molecule has 27 heavy (non-hydrogen) atoms. The maximum Gasteiger partial charge on any atom is 0.274 e. The molecule has 1 aromatic heterocycles. The Morgan fingerprint density at radius 1 is 1.22 bits per heavy atom. The summed E-state index contributed by atoms with van der Waals surface area (Å²) in [5, 5.41) is 4.04. The Morgan fingerprint density at radius 3 is 2.81 bits per heavy atom. The summed E-state index contributed by atoms with van der Waals surface area (Å²) in [6.45, 7) is 1.80. The van der Waals surface area contributed by atoms with Gasteiger partial charge in [-0.05, 0) is 18.1 Å². The first-order valence-corrected chi connectivity index (χ1v) is 11.0. The van der Waals surface area contributed by atoms with Crippen LogP contribution in [0.15, 0.2) is 30.3 Å². The molecule has 2 aliphatic heterocycles. The van der Waals surface area contributed by atoms with Gasteiger partial charge in [0.2, 0.25) is 5.88 Å². The van der Waals surface area contributed by atoms with E-state index in [9.17, 15) is 13.2 Å². The van der Waals surface area contributed by atoms with Crippen molar-refractivity contribution >= 4 is 27.3 Å². The molecule has 0 saturated carbocycles. The van der Waals surface area contributed by atoms with Crippen molar-refractivity contribution in [1.82, 2.24) is 14.7 Å². The fourth-order valence-electron chi connectivity index (χ4n) is 3.57. The molecule has 4 rings (SSSR count). The lowest BCUT2D eigenvalue weighted by Gasteiger charge is -2.19. The van der Waals surface area contributed by atoms with E-state index in [1.54, 1.807) is 39.9 Å². The van der Waals surface area contributed by atoms with Crippen molar-refractivity contribution in [1.29, 1.82) is 0 Å². The first-order valence-electron chi connectivity index (χ1n) is 8.91. The largest absolute Gasteiger partial charge is 0.478 e. The molecule has 3 heterocycles. The summed E-state index contributed by atoms with van der Waals surface area (Å²) in [5.74, 6) is 0.218. The van der Waals surface area contributed by atoms with E-state index in [-0.39, 0.29) is 18.2 Å². The average molecular weight is 410 g/mol. The number of sulfone groups is 1. The maximum atomic E-state index is 12.9. The van der Waals surface area contributed by atoms with Gasteiger partial charge in [-0.15, -0.1) is 0 Å². The van der Waals surface area contributed by atoms with Gasteiger partial charge in [-0.2, -0.15) is 5.10 Å². The molecule has 0 radical (unpaired) electrons. The predicted molar refractivity (Wildman–Crippen MR) is 101 cm³/mol. The molecule has 9 heteroatoms. The number of hydrogen-bond acceptors (Lipinski definition) is 5. The van der Waals surface area contributed by atoms with E-state index in [1.807, 2.05) is 0 Å². The van der Waals surface area contributed by atoms with Crippen LogP contribution in [-0.4, -0.2) is 54.5 Å². The minimum Gasteiger partial charge on any atom is -0.478 e. The highest BCUT2D eigenvalue weighted by Crippen LogP contribution is 2.34. The Balaban J connectivity index is 1.56. The molecule has 0 unspecified atom stereocenters. The number of fused-ring (bicyclic) bond motifs is 1.